The number of nitrogens with one attached hydrogen (secondary N) is 1. The van der Waals surface area contributed by atoms with Crippen LogP contribution < -0.4 is 19.5 Å². The Morgan fingerprint density at radius 3 is 2.41 bits per heavy atom. The van der Waals surface area contributed by atoms with E-state index in [1.165, 1.54) is 69.8 Å². The number of hydrogen-bond donors (Lipinski definition) is 1. The van der Waals surface area contributed by atoms with E-state index in [4.69, 9.17) is 9.47 Å². The van der Waals surface area contributed by atoms with Gasteiger partial charge in [-0.1, -0.05) is 6.07 Å². The van der Waals surface area contributed by atoms with Crippen molar-refractivity contribution in [1.29, 1.82) is 0 Å². The van der Waals surface area contributed by atoms with Gasteiger partial charge in [-0.3, -0.25) is 4.79 Å². The second-order valence-electron chi connectivity index (χ2n) is 6.49. The van der Waals surface area contributed by atoms with E-state index in [2.05, 4.69) is 10.1 Å². The monoisotopic (exact) mass is 470 g/mol. The lowest BCUT2D eigenvalue weighted by Crippen LogP contribution is -2.23. The molecule has 174 valence electrons. The van der Waals surface area contributed by atoms with Crippen molar-refractivity contribution >= 4 is 27.7 Å². The number of anilines is 1. The van der Waals surface area contributed by atoms with E-state index in [0.717, 1.165) is 4.31 Å². The summed E-state index contributed by atoms with van der Waals surface area (Å²) in [5, 5.41) is 2.58. The molecule has 0 spiro atoms. The summed E-state index contributed by atoms with van der Waals surface area (Å²) in [6.07, 6.45) is 2.65. The highest BCUT2D eigenvalue weighted by atomic mass is 32.2. The van der Waals surface area contributed by atoms with Crippen LogP contribution in [-0.2, 0) is 14.8 Å². The quantitative estimate of drug-likeness (QED) is 0.534. The summed E-state index contributed by atoms with van der Waals surface area (Å²) in [5.74, 6) is -0.409. The van der Waals surface area contributed by atoms with Crippen molar-refractivity contribution in [2.75, 3.05) is 33.1 Å². The van der Waals surface area contributed by atoms with Crippen LogP contribution in [0.3, 0.4) is 0 Å². The first kappa shape index (κ1) is 25.1. The predicted molar refractivity (Wildman–Crippen MR) is 116 cm³/mol. The lowest BCUT2D eigenvalue weighted by Gasteiger charge is -2.16. The molecule has 0 unspecified atom stereocenters. The molecular formula is C21H24F2N2O6S. The fourth-order valence-corrected chi connectivity index (χ4v) is 3.65. The van der Waals surface area contributed by atoms with E-state index < -0.39 is 22.5 Å². The number of carbonyl (C=O) groups excluding carboxylic acids is 1. The molecule has 2 rings (SSSR count). The number of hydrogen-bond acceptors (Lipinski definition) is 6. The van der Waals surface area contributed by atoms with Gasteiger partial charge in [0.15, 0.2) is 11.5 Å². The summed E-state index contributed by atoms with van der Waals surface area (Å²) in [7, 11) is 0.288. The first-order chi connectivity index (χ1) is 15.1. The molecule has 0 aliphatic carbocycles. The molecule has 0 saturated carbocycles. The van der Waals surface area contributed by atoms with Gasteiger partial charge in [-0.05, 0) is 48.9 Å². The van der Waals surface area contributed by atoms with E-state index in [1.54, 1.807) is 6.92 Å². The lowest BCUT2D eigenvalue weighted by molar-refractivity contribution is -0.111. The molecule has 11 heteroatoms. The Balaban J connectivity index is 2.22. The van der Waals surface area contributed by atoms with Crippen molar-refractivity contribution in [3.8, 4) is 17.2 Å². The molecule has 1 amide bonds. The van der Waals surface area contributed by atoms with Gasteiger partial charge in [0.1, 0.15) is 10.6 Å². The number of rotatable bonds is 10. The van der Waals surface area contributed by atoms with Crippen LogP contribution in [0.15, 0.2) is 47.4 Å². The van der Waals surface area contributed by atoms with Crippen LogP contribution in [-0.4, -0.2) is 53.1 Å². The second kappa shape index (κ2) is 10.9. The molecule has 0 radical (unpaired) electrons. The van der Waals surface area contributed by atoms with Crippen molar-refractivity contribution < 1.29 is 36.2 Å². The molecule has 0 bridgehead atoms. The number of carbonyl (C=O) groups is 1. The maximum atomic E-state index is 12.6. The summed E-state index contributed by atoms with van der Waals surface area (Å²) in [6.45, 7) is -0.991. The topological polar surface area (TPSA) is 94.2 Å². The van der Waals surface area contributed by atoms with E-state index in [-0.39, 0.29) is 34.4 Å². The minimum Gasteiger partial charge on any atom is -0.493 e. The summed E-state index contributed by atoms with van der Waals surface area (Å²) < 4.78 is 65.8. The van der Waals surface area contributed by atoms with Gasteiger partial charge in [0.25, 0.3) is 0 Å². The number of benzene rings is 2. The van der Waals surface area contributed by atoms with E-state index >= 15 is 0 Å². The number of amides is 1. The highest BCUT2D eigenvalue weighted by Crippen LogP contribution is 2.31. The Morgan fingerprint density at radius 2 is 1.81 bits per heavy atom. The van der Waals surface area contributed by atoms with Crippen LogP contribution in [0.1, 0.15) is 12.5 Å². The maximum Gasteiger partial charge on any atom is 0.387 e. The summed E-state index contributed by atoms with van der Waals surface area (Å²) in [5.41, 5.74) is 0.753. The van der Waals surface area contributed by atoms with Gasteiger partial charge in [0, 0.05) is 25.9 Å². The average molecular weight is 470 g/mol. The van der Waals surface area contributed by atoms with Gasteiger partial charge in [0.2, 0.25) is 15.9 Å². The molecule has 2 aromatic carbocycles. The molecule has 32 heavy (non-hydrogen) atoms. The lowest BCUT2D eigenvalue weighted by atomic mass is 10.2. The van der Waals surface area contributed by atoms with E-state index in [9.17, 15) is 22.0 Å². The molecule has 8 nitrogen and oxygen atoms in total. The molecule has 0 aliphatic rings. The number of halogens is 2. The predicted octanol–water partition coefficient (Wildman–Crippen LogP) is 3.60. The molecule has 0 saturated heterocycles. The van der Waals surface area contributed by atoms with Crippen LogP contribution >= 0.6 is 0 Å². The molecule has 0 heterocycles. The molecule has 1 N–H and O–H groups in total. The van der Waals surface area contributed by atoms with E-state index in [0.29, 0.717) is 5.56 Å². The Kier molecular flexibility index (Phi) is 8.56. The fourth-order valence-electron chi connectivity index (χ4n) is 2.60. The van der Waals surface area contributed by atoms with Crippen LogP contribution in [0.2, 0.25) is 0 Å². The third-order valence-corrected chi connectivity index (χ3v) is 5.94. The zero-order valence-corrected chi connectivity index (χ0v) is 18.8. The normalized spacial score (nSPS) is 11.8. The SMILES string of the molecule is CCOc1ccc(NC(=O)/C=C/c2ccc(OC(F)F)c(OC)c2)cc1S(=O)(=O)N(C)C. The molecule has 2 aromatic rings. The van der Waals surface area contributed by atoms with Crippen molar-refractivity contribution in [1.82, 2.24) is 4.31 Å². The molecule has 0 aromatic heterocycles. The number of alkyl halides is 2. The molecule has 0 fully saturated rings. The highest BCUT2D eigenvalue weighted by molar-refractivity contribution is 7.89. The third kappa shape index (κ3) is 6.41. The smallest absolute Gasteiger partial charge is 0.387 e. The van der Waals surface area contributed by atoms with Crippen molar-refractivity contribution in [3.05, 3.63) is 48.0 Å². The van der Waals surface area contributed by atoms with Gasteiger partial charge in [-0.2, -0.15) is 8.78 Å². The van der Waals surface area contributed by atoms with Gasteiger partial charge >= 0.3 is 6.61 Å². The number of methoxy groups -OCH3 is 1. The zero-order valence-electron chi connectivity index (χ0n) is 18.0. The third-order valence-electron chi connectivity index (χ3n) is 4.10. The second-order valence-corrected chi connectivity index (χ2v) is 8.61. The van der Waals surface area contributed by atoms with Crippen LogP contribution in [0.25, 0.3) is 6.08 Å². The van der Waals surface area contributed by atoms with Crippen molar-refractivity contribution in [2.24, 2.45) is 0 Å². The molecule has 0 aliphatic heterocycles. The first-order valence-corrected chi connectivity index (χ1v) is 10.8. The van der Waals surface area contributed by atoms with E-state index in [1.807, 2.05) is 0 Å². The summed E-state index contributed by atoms with van der Waals surface area (Å²) >= 11 is 0. The molecular weight excluding hydrogens is 446 g/mol. The average Bonchev–Trinajstić information content (AvgIpc) is 2.73. The largest absolute Gasteiger partial charge is 0.493 e. The van der Waals surface area contributed by atoms with Crippen LogP contribution in [0.4, 0.5) is 14.5 Å². The zero-order chi connectivity index (χ0) is 23.9. The van der Waals surface area contributed by atoms with Crippen molar-refractivity contribution in [2.45, 2.75) is 18.4 Å². The van der Waals surface area contributed by atoms with Gasteiger partial charge in [-0.15, -0.1) is 0 Å². The van der Waals surface area contributed by atoms with Crippen LogP contribution in [0, 0.1) is 0 Å². The van der Waals surface area contributed by atoms with Gasteiger partial charge < -0.3 is 19.5 Å². The van der Waals surface area contributed by atoms with Gasteiger partial charge in [0.05, 0.1) is 13.7 Å². The fraction of sp³-hybridized carbons (Fsp3) is 0.286. The Labute approximate surface area is 185 Å². The number of sulfonamides is 1. The number of nitrogens with zero attached hydrogens (tertiary/aromatic N) is 1. The minimum absolute atomic E-state index is 0.0783. The summed E-state index contributed by atoms with van der Waals surface area (Å²) in [4.78, 5) is 12.2. The van der Waals surface area contributed by atoms with Gasteiger partial charge in [-0.25, -0.2) is 12.7 Å². The maximum absolute atomic E-state index is 12.6. The first-order valence-electron chi connectivity index (χ1n) is 9.39. The summed E-state index contributed by atoms with van der Waals surface area (Å²) in [6, 6.07) is 8.50. The Bertz CT molecular complexity index is 1090. The standard InChI is InChI=1S/C21H24F2N2O6S/c1-5-30-17-10-8-15(13-19(17)32(27,28)25(2)3)24-20(26)11-7-14-6-9-16(31-21(22)23)18(12-14)29-4/h6-13,21H,5H2,1-4H3,(H,24,26)/b11-7+. The highest BCUT2D eigenvalue weighted by Gasteiger charge is 2.23. The number of ether oxygens (including phenoxy) is 3. The van der Waals surface area contributed by atoms with Crippen molar-refractivity contribution in [3.63, 3.8) is 0 Å². The minimum atomic E-state index is -3.80. The Hall–Kier alpha value is -3.18. The van der Waals surface area contributed by atoms with Crippen LogP contribution in [0.5, 0.6) is 17.2 Å². The molecule has 0 atom stereocenters. The Morgan fingerprint density at radius 1 is 1.12 bits per heavy atom.